The number of rotatable bonds is 1. The third kappa shape index (κ3) is 1.93. The van der Waals surface area contributed by atoms with Crippen LogP contribution in [0, 0.1) is 0 Å². The first-order chi connectivity index (χ1) is 7.88. The summed E-state index contributed by atoms with van der Waals surface area (Å²) in [5.41, 5.74) is 2.05. The Kier molecular flexibility index (Phi) is 3.18. The van der Waals surface area contributed by atoms with Crippen molar-refractivity contribution in [1.29, 1.82) is 0 Å². The third-order valence-corrected chi connectivity index (χ3v) is 2.57. The van der Waals surface area contributed by atoms with E-state index in [1.807, 2.05) is 30.3 Å². The first-order valence-corrected chi connectivity index (χ1v) is 4.98. The zero-order valence-corrected chi connectivity index (χ0v) is 9.88. The fourth-order valence-electron chi connectivity index (χ4n) is 1.80. The van der Waals surface area contributed by atoms with Crippen LogP contribution in [-0.4, -0.2) is 16.3 Å². The molecule has 0 spiro atoms. The quantitative estimate of drug-likeness (QED) is 0.385. The molecule has 0 amide bonds. The second-order valence-electron chi connectivity index (χ2n) is 3.57. The molecule has 0 bridgehead atoms. The molecule has 17 heavy (non-hydrogen) atoms. The van der Waals surface area contributed by atoms with Gasteiger partial charge < -0.3 is 0 Å². The van der Waals surface area contributed by atoms with Crippen LogP contribution in [0.3, 0.4) is 0 Å². The Hall–Kier alpha value is -1.77. The molecule has 0 aliphatic rings. The number of carbonyl (C=O) groups excluding carboxylic acids is 1. The molecular weight excluding hydrogens is 256 g/mol. The molecular formula is C13H8FeN2O. The maximum atomic E-state index is 10.7. The standard InChI is InChI=1S/C13H8N2O.Fe/c16-8-11-6-5-10-4-3-9-2-1-7-14-12(9)13(10)15-11;/h1-8H;. The van der Waals surface area contributed by atoms with E-state index in [0.29, 0.717) is 5.69 Å². The minimum atomic E-state index is 0. The molecule has 84 valence electrons. The van der Waals surface area contributed by atoms with Crippen molar-refractivity contribution in [2.24, 2.45) is 0 Å². The van der Waals surface area contributed by atoms with Crippen LogP contribution < -0.4 is 0 Å². The van der Waals surface area contributed by atoms with E-state index in [4.69, 9.17) is 0 Å². The monoisotopic (exact) mass is 264 g/mol. The molecule has 0 fully saturated rings. The number of aldehydes is 1. The molecule has 0 atom stereocenters. The van der Waals surface area contributed by atoms with Crippen LogP contribution in [0.2, 0.25) is 0 Å². The topological polar surface area (TPSA) is 42.9 Å². The van der Waals surface area contributed by atoms with E-state index < -0.39 is 0 Å². The summed E-state index contributed by atoms with van der Waals surface area (Å²) in [5.74, 6) is 0. The average Bonchev–Trinajstić information content (AvgIpc) is 2.38. The summed E-state index contributed by atoms with van der Waals surface area (Å²) in [7, 11) is 0. The van der Waals surface area contributed by atoms with Crippen LogP contribution in [-0.2, 0) is 17.1 Å². The summed E-state index contributed by atoms with van der Waals surface area (Å²) in [5, 5.41) is 2.03. The van der Waals surface area contributed by atoms with Gasteiger partial charge in [-0.15, -0.1) is 0 Å². The van der Waals surface area contributed by atoms with Gasteiger partial charge in [-0.05, 0) is 12.1 Å². The van der Waals surface area contributed by atoms with Gasteiger partial charge in [-0.1, -0.05) is 24.3 Å². The van der Waals surface area contributed by atoms with Crippen molar-refractivity contribution >= 4 is 28.1 Å². The Balaban J connectivity index is 0.00000108. The van der Waals surface area contributed by atoms with Gasteiger partial charge in [-0.3, -0.25) is 9.78 Å². The van der Waals surface area contributed by atoms with Gasteiger partial charge in [0.05, 0.1) is 11.0 Å². The first kappa shape index (κ1) is 11.7. The SMILES string of the molecule is O=Cc1ccc2ccc3cccnc3c2n1.[Fe]. The molecule has 3 aromatic rings. The number of pyridine rings is 2. The molecule has 2 heterocycles. The first-order valence-electron chi connectivity index (χ1n) is 4.98. The summed E-state index contributed by atoms with van der Waals surface area (Å²) in [4.78, 5) is 19.3. The van der Waals surface area contributed by atoms with E-state index in [0.717, 1.165) is 28.1 Å². The predicted molar refractivity (Wildman–Crippen MR) is 62.4 cm³/mol. The van der Waals surface area contributed by atoms with Gasteiger partial charge >= 0.3 is 0 Å². The average molecular weight is 264 g/mol. The summed E-state index contributed by atoms with van der Waals surface area (Å²) in [6.45, 7) is 0. The van der Waals surface area contributed by atoms with Crippen molar-refractivity contribution in [3.05, 3.63) is 48.3 Å². The maximum Gasteiger partial charge on any atom is 0.168 e. The molecule has 0 saturated carbocycles. The molecule has 0 saturated heterocycles. The zero-order valence-electron chi connectivity index (χ0n) is 8.78. The van der Waals surface area contributed by atoms with Crippen LogP contribution in [0.1, 0.15) is 10.5 Å². The van der Waals surface area contributed by atoms with Crippen LogP contribution in [0.25, 0.3) is 21.8 Å². The summed E-state index contributed by atoms with van der Waals surface area (Å²) < 4.78 is 0. The van der Waals surface area contributed by atoms with E-state index in [2.05, 4.69) is 9.97 Å². The van der Waals surface area contributed by atoms with Crippen molar-refractivity contribution in [2.75, 3.05) is 0 Å². The summed E-state index contributed by atoms with van der Waals surface area (Å²) in [6, 6.07) is 11.5. The van der Waals surface area contributed by atoms with Gasteiger partial charge in [-0.25, -0.2) is 4.98 Å². The molecule has 3 nitrogen and oxygen atoms in total. The molecule has 4 heteroatoms. The van der Waals surface area contributed by atoms with Crippen molar-refractivity contribution in [1.82, 2.24) is 9.97 Å². The predicted octanol–water partition coefficient (Wildman–Crippen LogP) is 2.59. The van der Waals surface area contributed by atoms with E-state index in [1.54, 1.807) is 12.3 Å². The number of benzene rings is 1. The Morgan fingerprint density at radius 3 is 2.41 bits per heavy atom. The van der Waals surface area contributed by atoms with Gasteiger partial charge in [-0.2, -0.15) is 0 Å². The van der Waals surface area contributed by atoms with Gasteiger partial charge in [0.1, 0.15) is 5.69 Å². The Morgan fingerprint density at radius 1 is 0.941 bits per heavy atom. The van der Waals surface area contributed by atoms with E-state index in [-0.39, 0.29) is 17.1 Å². The van der Waals surface area contributed by atoms with Gasteiger partial charge in [0, 0.05) is 34.0 Å². The van der Waals surface area contributed by atoms with Crippen LogP contribution in [0.15, 0.2) is 42.6 Å². The fourth-order valence-corrected chi connectivity index (χ4v) is 1.80. The summed E-state index contributed by atoms with van der Waals surface area (Å²) in [6.07, 6.45) is 2.48. The second-order valence-corrected chi connectivity index (χ2v) is 3.57. The fraction of sp³-hybridized carbons (Fsp3) is 0. The van der Waals surface area contributed by atoms with Crippen molar-refractivity contribution in [3.8, 4) is 0 Å². The molecule has 0 aliphatic carbocycles. The Bertz CT molecular complexity index is 697. The molecule has 0 N–H and O–H groups in total. The Morgan fingerprint density at radius 2 is 1.65 bits per heavy atom. The molecule has 0 unspecified atom stereocenters. The number of carbonyl (C=O) groups is 1. The van der Waals surface area contributed by atoms with Gasteiger partial charge in [0.25, 0.3) is 0 Å². The second kappa shape index (κ2) is 4.62. The molecule has 1 aromatic carbocycles. The number of aromatic nitrogens is 2. The van der Waals surface area contributed by atoms with Crippen LogP contribution >= 0.6 is 0 Å². The van der Waals surface area contributed by atoms with Crippen LogP contribution in [0.4, 0.5) is 0 Å². The van der Waals surface area contributed by atoms with Gasteiger partial charge in [0.15, 0.2) is 6.29 Å². The summed E-state index contributed by atoms with van der Waals surface area (Å²) >= 11 is 0. The van der Waals surface area contributed by atoms with Crippen molar-refractivity contribution < 1.29 is 21.9 Å². The molecule has 3 rings (SSSR count). The molecule has 0 aliphatic heterocycles. The number of nitrogens with zero attached hydrogens (tertiary/aromatic N) is 2. The van der Waals surface area contributed by atoms with Crippen molar-refractivity contribution in [2.45, 2.75) is 0 Å². The minimum absolute atomic E-state index is 0. The number of hydrogen-bond donors (Lipinski definition) is 0. The maximum absolute atomic E-state index is 10.7. The third-order valence-electron chi connectivity index (χ3n) is 2.57. The van der Waals surface area contributed by atoms with E-state index in [1.165, 1.54) is 0 Å². The molecule has 0 radical (unpaired) electrons. The van der Waals surface area contributed by atoms with E-state index >= 15 is 0 Å². The molecule has 2 aromatic heterocycles. The number of hydrogen-bond acceptors (Lipinski definition) is 3. The van der Waals surface area contributed by atoms with Crippen LogP contribution in [0.5, 0.6) is 0 Å². The van der Waals surface area contributed by atoms with Crippen molar-refractivity contribution in [3.63, 3.8) is 0 Å². The van der Waals surface area contributed by atoms with Gasteiger partial charge in [0.2, 0.25) is 0 Å². The van der Waals surface area contributed by atoms with E-state index in [9.17, 15) is 4.79 Å². The largest absolute Gasteiger partial charge is 0.296 e. The normalized spacial score (nSPS) is 10.1. The Labute approximate surface area is 108 Å². The smallest absolute Gasteiger partial charge is 0.168 e. The number of fused-ring (bicyclic) bond motifs is 3. The zero-order chi connectivity index (χ0) is 11.0. The minimum Gasteiger partial charge on any atom is -0.296 e.